The summed E-state index contributed by atoms with van der Waals surface area (Å²) in [5.74, 6) is 5.09. The van der Waals surface area contributed by atoms with Gasteiger partial charge in [0.15, 0.2) is 42.6 Å². The van der Waals surface area contributed by atoms with E-state index in [-0.39, 0.29) is 62.9 Å². The van der Waals surface area contributed by atoms with Gasteiger partial charge in [-0.05, 0) is 120 Å². The first-order valence-electron chi connectivity index (χ1n) is 35.1. The first-order chi connectivity index (χ1) is 59.9. The monoisotopic (exact) mass is 1840 g/mol. The van der Waals surface area contributed by atoms with Gasteiger partial charge in [-0.1, -0.05) is 172 Å². The lowest BCUT2D eigenvalue weighted by Gasteiger charge is -2.08. The molecule has 0 aliphatic rings. The van der Waals surface area contributed by atoms with Crippen LogP contribution in [-0.2, 0) is 48.1 Å². The number of rotatable bonds is 33. The van der Waals surface area contributed by atoms with E-state index in [1.807, 2.05) is 73.7 Å². The molecule has 0 atom stereocenters. The van der Waals surface area contributed by atoms with Crippen LogP contribution in [0.15, 0.2) is 205 Å². The third-order valence-corrected chi connectivity index (χ3v) is 23.9. The minimum Gasteiger partial charge on any atom is -0.496 e. The first kappa shape index (κ1) is 94.2. The molecule has 644 valence electrons. The number of ether oxygens (including phenoxy) is 6. The molecule has 14 rings (SSSR count). The molecule has 0 aliphatic heterocycles. The maximum absolute atomic E-state index is 11.1. The minimum absolute atomic E-state index is 0.0194. The Balaban J connectivity index is 0.000000169. The van der Waals surface area contributed by atoms with Crippen molar-refractivity contribution in [1.82, 2.24) is 96.2 Å². The first-order valence-corrected chi connectivity index (χ1v) is 42.7. The van der Waals surface area contributed by atoms with Gasteiger partial charge in [0, 0.05) is 89.6 Å². The van der Waals surface area contributed by atoms with Crippen LogP contribution in [0.3, 0.4) is 0 Å². The van der Waals surface area contributed by atoms with E-state index >= 15 is 0 Å². The number of aromatic amines is 1. The molecule has 0 amide bonds. The van der Waals surface area contributed by atoms with Crippen molar-refractivity contribution in [1.29, 1.82) is 0 Å². The third kappa shape index (κ3) is 28.5. The van der Waals surface area contributed by atoms with Crippen LogP contribution in [-0.4, -0.2) is 168 Å². The summed E-state index contributed by atoms with van der Waals surface area (Å²) in [5, 5.41) is 126. The molecule has 0 saturated heterocycles. The Morgan fingerprint density at radius 1 is 0.403 bits per heavy atom. The molecule has 44 nitrogen and oxygen atoms in total. The van der Waals surface area contributed by atoms with Gasteiger partial charge in [0.2, 0.25) is 20.6 Å². The van der Waals surface area contributed by atoms with E-state index in [1.165, 1.54) is 185 Å². The maximum Gasteiger partial charge on any atom is 0.311 e. The van der Waals surface area contributed by atoms with Crippen molar-refractivity contribution in [2.45, 2.75) is 77.3 Å². The summed E-state index contributed by atoms with van der Waals surface area (Å²) in [6, 6.07) is 48.4. The van der Waals surface area contributed by atoms with Crippen molar-refractivity contribution >= 4 is 133 Å². The average molecular weight is 1840 g/mol. The number of nitrogens with zero attached hydrogens (tertiary/aromatic N) is 24. The number of aromatic nitrogens is 19. The second-order valence-electron chi connectivity index (χ2n) is 24.0. The SMILES string of the molecule is COc1ccc(CSc2ncn[nH]2)cc1[N+](=O)[O-].COc1ccc(CSc2nnc(C)s2)cc1[N+](=O)[O-].COc1ccc(CSc2nnc(N)s2)cc1[N+](=O)[O-].COc1ccc(CSc2nnnn2-c2ccccc2)cc1[N+](=O)[O-].COc1ccc(CSc2nnnn2C)cc1[N+](=O)[O-].COc1ccc([N+](=O)[O-])cc1CSc1nnnn1Cc1ccccc1. The fourth-order valence-electron chi connectivity index (χ4n) is 10.1. The van der Waals surface area contributed by atoms with Crippen LogP contribution in [0.5, 0.6) is 34.5 Å². The summed E-state index contributed by atoms with van der Waals surface area (Å²) in [7, 11) is 10.3. The fraction of sp³-hybridized carbons (Fsp3) is 0.208. The molecule has 52 heteroatoms. The second-order valence-corrected chi connectivity index (χ2v) is 32.4. The molecule has 0 aliphatic carbocycles. The van der Waals surface area contributed by atoms with Gasteiger partial charge in [0.05, 0.1) is 84.4 Å². The molecule has 0 spiro atoms. The van der Waals surface area contributed by atoms with E-state index in [2.05, 4.69) is 82.2 Å². The molecule has 0 unspecified atom stereocenters. The number of nitrogen functional groups attached to an aromatic ring is 1. The number of non-ortho nitro benzene ring substituents is 1. The van der Waals surface area contributed by atoms with Crippen LogP contribution in [0, 0.1) is 67.6 Å². The van der Waals surface area contributed by atoms with E-state index in [0.29, 0.717) is 72.6 Å². The number of tetrazole rings is 3. The molecule has 124 heavy (non-hydrogen) atoms. The zero-order chi connectivity index (χ0) is 89.0. The van der Waals surface area contributed by atoms with Crippen molar-refractivity contribution in [2.75, 3.05) is 48.4 Å². The zero-order valence-electron chi connectivity index (χ0n) is 66.1. The summed E-state index contributed by atoms with van der Waals surface area (Å²) in [6.07, 6.45) is 1.42. The highest BCUT2D eigenvalue weighted by molar-refractivity contribution is 8.00. The van der Waals surface area contributed by atoms with Crippen molar-refractivity contribution in [3.05, 3.63) is 281 Å². The van der Waals surface area contributed by atoms with E-state index in [1.54, 1.807) is 81.8 Å². The fourth-order valence-corrected chi connectivity index (χ4v) is 16.6. The highest BCUT2D eigenvalue weighted by Crippen LogP contribution is 2.38. The van der Waals surface area contributed by atoms with Crippen LogP contribution in [0.2, 0.25) is 0 Å². The topological polar surface area (TPSA) is 564 Å². The largest absolute Gasteiger partial charge is 0.496 e. The molecular weight excluding hydrogens is 1770 g/mol. The minimum atomic E-state index is -0.462. The number of para-hydroxylation sites is 1. The van der Waals surface area contributed by atoms with Crippen molar-refractivity contribution < 1.29 is 58.0 Å². The van der Waals surface area contributed by atoms with E-state index in [0.717, 1.165) is 58.3 Å². The lowest BCUT2D eigenvalue weighted by atomic mass is 10.2. The number of methoxy groups -OCH3 is 6. The number of benzene rings is 8. The number of hydrogen-bond acceptors (Lipinski definition) is 42. The highest BCUT2D eigenvalue weighted by Gasteiger charge is 2.23. The Morgan fingerprint density at radius 2 is 0.806 bits per heavy atom. The molecule has 0 saturated carbocycles. The Labute approximate surface area is 735 Å². The van der Waals surface area contributed by atoms with E-state index in [4.69, 9.17) is 34.2 Å². The smallest absolute Gasteiger partial charge is 0.311 e. The highest BCUT2D eigenvalue weighted by atomic mass is 32.2. The molecule has 3 N–H and O–H groups in total. The van der Waals surface area contributed by atoms with Gasteiger partial charge < -0.3 is 34.2 Å². The number of thioether (sulfide) groups is 6. The third-order valence-electron chi connectivity index (χ3n) is 15.9. The summed E-state index contributed by atoms with van der Waals surface area (Å²) in [4.78, 5) is 66.9. The Hall–Kier alpha value is -13.7. The summed E-state index contributed by atoms with van der Waals surface area (Å²) in [5.41, 5.74) is 12.0. The molecule has 8 aromatic carbocycles. The normalized spacial score (nSPS) is 10.5. The molecule has 6 aromatic heterocycles. The number of hydrogen-bond donors (Lipinski definition) is 2. The maximum atomic E-state index is 11.1. The van der Waals surface area contributed by atoms with E-state index in [9.17, 15) is 60.7 Å². The Bertz CT molecular complexity index is 5780. The van der Waals surface area contributed by atoms with Crippen LogP contribution in [0.4, 0.5) is 39.3 Å². The summed E-state index contributed by atoms with van der Waals surface area (Å²) in [6.45, 7) is 2.45. The lowest BCUT2D eigenvalue weighted by Crippen LogP contribution is -2.04. The van der Waals surface area contributed by atoms with Gasteiger partial charge in [0.25, 0.3) is 5.69 Å². The molecular formula is C72H70N26O18S8. The van der Waals surface area contributed by atoms with Crippen LogP contribution in [0.1, 0.15) is 44.0 Å². The average Bonchev–Trinajstić information content (AvgIpc) is 1.70. The molecule has 6 heterocycles. The molecule has 14 aromatic rings. The van der Waals surface area contributed by atoms with Gasteiger partial charge in [-0.15, -0.1) is 35.7 Å². The summed E-state index contributed by atoms with van der Waals surface area (Å²) < 4.78 is 36.5. The number of H-pyrrole nitrogens is 1. The van der Waals surface area contributed by atoms with Crippen LogP contribution in [0.25, 0.3) is 5.69 Å². The lowest BCUT2D eigenvalue weighted by molar-refractivity contribution is -0.385. The standard InChI is InChI=1S/C16H15N5O3S.C15H13N5O3S.C11H11N3O3S2.C10H11N5O3S.C10H10N4O3S2.C10H10N4O3S/c1-24-15-8-7-14(21(22)23)9-13(15)11-25-16-17-18-19-20(16)10-12-5-3-2-4-6-12;1-23-14-8-7-11(9-13(14)20(21)22)10-24-15-16-17-18-19(15)12-5-3-2-4-6-12;1-7-12-13-11(19-7)18-6-8-3-4-10(17-2)9(5-8)14(15)16;1-14-10(11-12-13-14)19-6-7-3-4-9(18-2)8(5-7)15(16)17;1-17-8-3-2-6(4-7(8)14(15)16)5-18-10-13-12-9(11)19-10;1-17-9-3-2-7(4-8(9)14(15)16)5-18-10-11-6-12-13-10/h2-9H,10-11H2,1H3;2-9H,10H2,1H3;2*3-5H,6H2,1-2H3;2-4H,5H2,1H3,(H2,11,12);2-4,6H,5H2,1H3,(H,11,12,13). The van der Waals surface area contributed by atoms with Gasteiger partial charge in [0.1, 0.15) is 17.1 Å². The predicted molar refractivity (Wildman–Crippen MR) is 462 cm³/mol. The number of nitro benzene ring substituents is 6. The number of nitro groups is 6. The molecule has 0 bridgehead atoms. The Kier molecular flexibility index (Phi) is 36.5. The van der Waals surface area contributed by atoms with Crippen molar-refractivity contribution in [2.24, 2.45) is 7.05 Å². The van der Waals surface area contributed by atoms with Crippen molar-refractivity contribution in [3.8, 4) is 40.2 Å². The number of nitrogens with two attached hydrogens (primary N) is 1. The zero-order valence-corrected chi connectivity index (χ0v) is 72.6. The van der Waals surface area contributed by atoms with Gasteiger partial charge in [-0.25, -0.2) is 14.3 Å². The molecule has 0 radical (unpaired) electrons. The summed E-state index contributed by atoms with van der Waals surface area (Å²) >= 11 is 11.4. The molecule has 0 fully saturated rings. The van der Waals surface area contributed by atoms with Crippen molar-refractivity contribution in [3.63, 3.8) is 0 Å². The van der Waals surface area contributed by atoms with Gasteiger partial charge in [-0.3, -0.25) is 65.8 Å². The number of nitrogens with one attached hydrogen (secondary N) is 1. The predicted octanol–water partition coefficient (Wildman–Crippen LogP) is 14.6. The van der Waals surface area contributed by atoms with Gasteiger partial charge >= 0.3 is 28.4 Å². The van der Waals surface area contributed by atoms with E-state index < -0.39 is 29.5 Å². The van der Waals surface area contributed by atoms with Gasteiger partial charge in [-0.2, -0.15) is 9.78 Å². The number of anilines is 1. The second kappa shape index (κ2) is 48.1. The quantitative estimate of drug-likeness (QED) is 0.0219. The Morgan fingerprint density at radius 3 is 1.22 bits per heavy atom. The number of aryl methyl sites for hydroxylation is 2. The van der Waals surface area contributed by atoms with Crippen LogP contribution < -0.4 is 34.2 Å². The van der Waals surface area contributed by atoms with Crippen LogP contribution >= 0.6 is 93.2 Å².